The number of aryl methyl sites for hydroxylation is 1. The average Bonchev–Trinajstić information content (AvgIpc) is 2.77. The lowest BCUT2D eigenvalue weighted by Crippen LogP contribution is -2.36. The fourth-order valence-electron chi connectivity index (χ4n) is 1.92. The van der Waals surface area contributed by atoms with Crippen LogP contribution in [-0.2, 0) is 4.79 Å². The number of amides is 1. The lowest BCUT2D eigenvalue weighted by molar-refractivity contribution is -0.129. The van der Waals surface area contributed by atoms with Crippen molar-refractivity contribution >= 4 is 39.2 Å². The van der Waals surface area contributed by atoms with Crippen molar-refractivity contribution in [1.82, 2.24) is 14.9 Å². The molecule has 0 fully saturated rings. The van der Waals surface area contributed by atoms with E-state index in [1.165, 1.54) is 0 Å². The molecule has 0 aliphatic carbocycles. The molecule has 0 saturated heterocycles. The zero-order valence-corrected chi connectivity index (χ0v) is 13.1. The number of hydrogen-bond donors (Lipinski definition) is 2. The molecule has 2 rings (SSSR count). The summed E-state index contributed by atoms with van der Waals surface area (Å²) in [6, 6.07) is 1.70. The standard InChI is InChI=1S/C13H19N5OS/c1-7-6-9-10(15-8(2)12(19)18(4)5)16-13(14-3)17-11(9)20-7/h6,8H,1-5H3,(H2,14,15,16,17). The second kappa shape index (κ2) is 5.62. The molecule has 0 radical (unpaired) electrons. The number of aromatic nitrogens is 2. The van der Waals surface area contributed by atoms with E-state index in [0.717, 1.165) is 15.1 Å². The molecule has 7 heteroatoms. The lowest BCUT2D eigenvalue weighted by Gasteiger charge is -2.19. The number of anilines is 2. The number of nitrogens with one attached hydrogen (secondary N) is 2. The molecule has 20 heavy (non-hydrogen) atoms. The van der Waals surface area contributed by atoms with Gasteiger partial charge >= 0.3 is 0 Å². The number of nitrogens with zero attached hydrogens (tertiary/aromatic N) is 3. The Morgan fingerprint density at radius 3 is 2.70 bits per heavy atom. The number of carbonyl (C=O) groups is 1. The van der Waals surface area contributed by atoms with Crippen molar-refractivity contribution in [3.63, 3.8) is 0 Å². The van der Waals surface area contributed by atoms with Crippen LogP contribution in [0.25, 0.3) is 10.2 Å². The molecule has 2 N–H and O–H groups in total. The normalized spacial score (nSPS) is 12.2. The summed E-state index contributed by atoms with van der Waals surface area (Å²) in [4.78, 5) is 24.4. The number of likely N-dealkylation sites (N-methyl/N-ethyl adjacent to an activating group) is 1. The van der Waals surface area contributed by atoms with Gasteiger partial charge in [-0.25, -0.2) is 4.98 Å². The summed E-state index contributed by atoms with van der Waals surface area (Å²) in [5.74, 6) is 1.24. The molecule has 1 amide bonds. The summed E-state index contributed by atoms with van der Waals surface area (Å²) < 4.78 is 0. The molecule has 0 aliphatic rings. The molecule has 0 aliphatic heterocycles. The van der Waals surface area contributed by atoms with Crippen LogP contribution in [0.2, 0.25) is 0 Å². The first kappa shape index (κ1) is 14.5. The topological polar surface area (TPSA) is 70.2 Å². The molecular formula is C13H19N5OS. The maximum Gasteiger partial charge on any atom is 0.244 e. The van der Waals surface area contributed by atoms with E-state index in [-0.39, 0.29) is 11.9 Å². The van der Waals surface area contributed by atoms with Crippen molar-refractivity contribution in [2.24, 2.45) is 0 Å². The Bertz CT molecular complexity index is 637. The van der Waals surface area contributed by atoms with Gasteiger partial charge in [0.2, 0.25) is 11.9 Å². The van der Waals surface area contributed by atoms with Crippen molar-refractivity contribution < 1.29 is 4.79 Å². The Morgan fingerprint density at radius 2 is 2.10 bits per heavy atom. The van der Waals surface area contributed by atoms with Gasteiger partial charge in [0, 0.05) is 26.0 Å². The number of hydrogen-bond acceptors (Lipinski definition) is 6. The molecule has 6 nitrogen and oxygen atoms in total. The highest BCUT2D eigenvalue weighted by atomic mass is 32.1. The van der Waals surface area contributed by atoms with Gasteiger partial charge in [-0.1, -0.05) is 0 Å². The van der Waals surface area contributed by atoms with Crippen LogP contribution >= 0.6 is 11.3 Å². The molecular weight excluding hydrogens is 274 g/mol. The number of thiophene rings is 1. The summed E-state index contributed by atoms with van der Waals surface area (Å²) in [5, 5.41) is 7.07. The largest absolute Gasteiger partial charge is 0.358 e. The van der Waals surface area contributed by atoms with Gasteiger partial charge < -0.3 is 15.5 Å². The number of fused-ring (bicyclic) bond motifs is 1. The van der Waals surface area contributed by atoms with Gasteiger partial charge in [-0.05, 0) is 19.9 Å². The SMILES string of the molecule is CNc1nc(NC(C)C(=O)N(C)C)c2cc(C)sc2n1. The van der Waals surface area contributed by atoms with Crippen LogP contribution in [0.3, 0.4) is 0 Å². The van der Waals surface area contributed by atoms with E-state index in [0.29, 0.717) is 11.8 Å². The summed E-state index contributed by atoms with van der Waals surface area (Å²) in [6.45, 7) is 3.86. The fraction of sp³-hybridized carbons (Fsp3) is 0.462. The molecule has 0 saturated carbocycles. The van der Waals surface area contributed by atoms with Crippen LogP contribution in [0.5, 0.6) is 0 Å². The molecule has 2 heterocycles. The van der Waals surface area contributed by atoms with Gasteiger partial charge in [0.25, 0.3) is 0 Å². The third-order valence-corrected chi connectivity index (χ3v) is 3.85. The lowest BCUT2D eigenvalue weighted by atomic mass is 10.2. The van der Waals surface area contributed by atoms with Crippen molar-refractivity contribution in [2.75, 3.05) is 31.8 Å². The second-order valence-corrected chi connectivity index (χ2v) is 6.06. The monoisotopic (exact) mass is 293 g/mol. The molecule has 1 unspecified atom stereocenters. The van der Waals surface area contributed by atoms with Crippen LogP contribution in [0.15, 0.2) is 6.07 Å². The fourth-order valence-corrected chi connectivity index (χ4v) is 2.80. The third-order valence-electron chi connectivity index (χ3n) is 2.90. The van der Waals surface area contributed by atoms with E-state index in [1.807, 2.05) is 19.9 Å². The Labute approximate surface area is 122 Å². The number of rotatable bonds is 4. The molecule has 0 spiro atoms. The molecule has 108 valence electrons. The van der Waals surface area contributed by atoms with Gasteiger partial charge in [-0.2, -0.15) is 4.98 Å². The van der Waals surface area contributed by atoms with Crippen LogP contribution in [0.4, 0.5) is 11.8 Å². The second-order valence-electron chi connectivity index (χ2n) is 4.82. The first-order valence-corrected chi connectivity index (χ1v) is 7.17. The molecule has 1 atom stereocenters. The Hall–Kier alpha value is -1.89. The van der Waals surface area contributed by atoms with Gasteiger partial charge in [0.1, 0.15) is 16.7 Å². The molecule has 0 aromatic carbocycles. The Morgan fingerprint density at radius 1 is 1.40 bits per heavy atom. The third kappa shape index (κ3) is 2.82. The zero-order valence-electron chi connectivity index (χ0n) is 12.3. The highest BCUT2D eigenvalue weighted by molar-refractivity contribution is 7.18. The van der Waals surface area contributed by atoms with Crippen molar-refractivity contribution in [3.05, 3.63) is 10.9 Å². The van der Waals surface area contributed by atoms with Crippen molar-refractivity contribution in [3.8, 4) is 0 Å². The minimum absolute atomic E-state index is 0.00900. The molecule has 2 aromatic heterocycles. The minimum atomic E-state index is -0.340. The smallest absolute Gasteiger partial charge is 0.244 e. The van der Waals surface area contributed by atoms with E-state index in [4.69, 9.17) is 0 Å². The predicted molar refractivity (Wildman–Crippen MR) is 83.5 cm³/mol. The summed E-state index contributed by atoms with van der Waals surface area (Å²) >= 11 is 1.61. The highest BCUT2D eigenvalue weighted by Gasteiger charge is 2.18. The Kier molecular flexibility index (Phi) is 4.08. The molecule has 0 bridgehead atoms. The van der Waals surface area contributed by atoms with E-state index >= 15 is 0 Å². The zero-order chi connectivity index (χ0) is 14.9. The van der Waals surface area contributed by atoms with Crippen LogP contribution < -0.4 is 10.6 Å². The quantitative estimate of drug-likeness (QED) is 0.901. The van der Waals surface area contributed by atoms with Crippen LogP contribution in [0.1, 0.15) is 11.8 Å². The van der Waals surface area contributed by atoms with E-state index < -0.39 is 0 Å². The Balaban J connectivity index is 2.39. The average molecular weight is 293 g/mol. The summed E-state index contributed by atoms with van der Waals surface area (Å²) in [5.41, 5.74) is 0. The van der Waals surface area contributed by atoms with Gasteiger partial charge in [-0.3, -0.25) is 4.79 Å². The highest BCUT2D eigenvalue weighted by Crippen LogP contribution is 2.29. The van der Waals surface area contributed by atoms with Gasteiger partial charge in [0.05, 0.1) is 5.39 Å². The van der Waals surface area contributed by atoms with Gasteiger partial charge in [0.15, 0.2) is 0 Å². The van der Waals surface area contributed by atoms with E-state index in [9.17, 15) is 4.79 Å². The summed E-state index contributed by atoms with van der Waals surface area (Å²) in [6.07, 6.45) is 0. The van der Waals surface area contributed by atoms with Crippen molar-refractivity contribution in [2.45, 2.75) is 19.9 Å². The first-order valence-electron chi connectivity index (χ1n) is 6.36. The van der Waals surface area contributed by atoms with Crippen molar-refractivity contribution in [1.29, 1.82) is 0 Å². The minimum Gasteiger partial charge on any atom is -0.358 e. The van der Waals surface area contributed by atoms with Gasteiger partial charge in [-0.15, -0.1) is 11.3 Å². The van der Waals surface area contributed by atoms with E-state index in [2.05, 4.69) is 20.6 Å². The van der Waals surface area contributed by atoms with Crippen LogP contribution in [-0.4, -0.2) is 48.0 Å². The summed E-state index contributed by atoms with van der Waals surface area (Å²) in [7, 11) is 5.26. The maximum atomic E-state index is 11.9. The predicted octanol–water partition coefficient (Wildman–Crippen LogP) is 1.93. The first-order chi connectivity index (χ1) is 9.42. The number of carbonyl (C=O) groups excluding carboxylic acids is 1. The molecule has 2 aromatic rings. The van der Waals surface area contributed by atoms with E-state index in [1.54, 1.807) is 37.4 Å². The maximum absolute atomic E-state index is 11.9. The van der Waals surface area contributed by atoms with Crippen LogP contribution in [0, 0.1) is 6.92 Å².